The molecule has 0 atom stereocenters. The first-order chi connectivity index (χ1) is 6.65. The minimum absolute atomic E-state index is 0.682. The lowest BCUT2D eigenvalue weighted by atomic mass is 10.0. The van der Waals surface area contributed by atoms with Crippen LogP contribution in [0.25, 0.3) is 6.08 Å². The number of aryl methyl sites for hydroxylation is 1. The Kier molecular flexibility index (Phi) is 3.69. The molecule has 1 heterocycles. The summed E-state index contributed by atoms with van der Waals surface area (Å²) in [5.41, 5.74) is 2.61. The van der Waals surface area contributed by atoms with E-state index in [0.29, 0.717) is 5.92 Å². The number of hydrogen-bond donors (Lipinski definition) is 0. The van der Waals surface area contributed by atoms with E-state index in [9.17, 15) is 0 Å². The van der Waals surface area contributed by atoms with Crippen LogP contribution in [-0.2, 0) is 13.5 Å². The summed E-state index contributed by atoms with van der Waals surface area (Å²) in [6.45, 7) is 7.89. The minimum atomic E-state index is 0.682. The van der Waals surface area contributed by atoms with Crippen LogP contribution < -0.4 is 0 Å². The van der Waals surface area contributed by atoms with E-state index in [-0.39, 0.29) is 0 Å². The van der Waals surface area contributed by atoms with E-state index in [2.05, 4.69) is 42.4 Å². The molecule has 0 N–H and O–H groups in total. The van der Waals surface area contributed by atoms with Crippen LogP contribution in [0.5, 0.6) is 0 Å². The van der Waals surface area contributed by atoms with Gasteiger partial charge in [0.05, 0.1) is 0 Å². The average Bonchev–Trinajstić information content (AvgIpc) is 2.44. The molecular formula is C12H18N2. The van der Waals surface area contributed by atoms with Gasteiger partial charge in [0.2, 0.25) is 0 Å². The van der Waals surface area contributed by atoms with Crippen LogP contribution >= 0.6 is 0 Å². The Morgan fingerprint density at radius 3 is 2.86 bits per heavy atom. The van der Waals surface area contributed by atoms with Gasteiger partial charge < -0.3 is 4.57 Å². The molecule has 1 aromatic heterocycles. The van der Waals surface area contributed by atoms with Crippen LogP contribution in [0.15, 0.2) is 23.5 Å². The fourth-order valence-corrected chi connectivity index (χ4v) is 1.55. The molecule has 0 aromatic carbocycles. The lowest BCUT2D eigenvalue weighted by molar-refractivity contribution is 0.645. The Hall–Kier alpha value is -1.31. The molecule has 0 saturated heterocycles. The first kappa shape index (κ1) is 10.8. The number of aromatic nitrogens is 1. The molecule has 0 radical (unpaired) electrons. The van der Waals surface area contributed by atoms with Crippen LogP contribution in [0, 0.1) is 5.92 Å². The summed E-state index contributed by atoms with van der Waals surface area (Å²) >= 11 is 0. The van der Waals surface area contributed by atoms with Gasteiger partial charge in [0.1, 0.15) is 0 Å². The van der Waals surface area contributed by atoms with E-state index in [0.717, 1.165) is 6.42 Å². The van der Waals surface area contributed by atoms with E-state index in [4.69, 9.17) is 0 Å². The van der Waals surface area contributed by atoms with Crippen molar-refractivity contribution >= 4 is 12.8 Å². The SMILES string of the molecule is C=N/C=C\c1c(CC(C)C)ccn1C. The molecule has 1 rings (SSSR count). The lowest BCUT2D eigenvalue weighted by Gasteiger charge is -2.05. The number of nitrogens with zero attached hydrogens (tertiary/aromatic N) is 2. The first-order valence-electron chi connectivity index (χ1n) is 4.91. The zero-order valence-corrected chi connectivity index (χ0v) is 9.20. The summed E-state index contributed by atoms with van der Waals surface area (Å²) < 4.78 is 2.11. The van der Waals surface area contributed by atoms with Crippen molar-refractivity contribution in [2.75, 3.05) is 0 Å². The van der Waals surface area contributed by atoms with E-state index < -0.39 is 0 Å². The second-order valence-corrected chi connectivity index (χ2v) is 3.93. The van der Waals surface area contributed by atoms with E-state index in [1.165, 1.54) is 11.3 Å². The molecule has 2 nitrogen and oxygen atoms in total. The molecular weight excluding hydrogens is 172 g/mol. The van der Waals surface area contributed by atoms with Crippen molar-refractivity contribution in [3.63, 3.8) is 0 Å². The summed E-state index contributed by atoms with van der Waals surface area (Å²) in [6, 6.07) is 2.17. The highest BCUT2D eigenvalue weighted by molar-refractivity contribution is 5.51. The Morgan fingerprint density at radius 2 is 2.29 bits per heavy atom. The van der Waals surface area contributed by atoms with Crippen LogP contribution in [0.1, 0.15) is 25.1 Å². The molecule has 0 unspecified atom stereocenters. The van der Waals surface area contributed by atoms with Gasteiger partial charge in [-0.15, -0.1) is 0 Å². The van der Waals surface area contributed by atoms with Crippen molar-refractivity contribution in [1.29, 1.82) is 0 Å². The van der Waals surface area contributed by atoms with Gasteiger partial charge in [-0.2, -0.15) is 0 Å². The van der Waals surface area contributed by atoms with Gasteiger partial charge in [0.15, 0.2) is 0 Å². The van der Waals surface area contributed by atoms with Crippen molar-refractivity contribution in [3.05, 3.63) is 29.7 Å². The Bertz CT molecular complexity index is 332. The predicted molar refractivity (Wildman–Crippen MR) is 62.5 cm³/mol. The topological polar surface area (TPSA) is 17.3 Å². The van der Waals surface area contributed by atoms with Crippen LogP contribution in [-0.4, -0.2) is 11.3 Å². The number of rotatable bonds is 4. The van der Waals surface area contributed by atoms with Gasteiger partial charge in [-0.05, 0) is 36.8 Å². The highest BCUT2D eigenvalue weighted by Gasteiger charge is 2.05. The molecule has 76 valence electrons. The molecule has 0 aliphatic heterocycles. The van der Waals surface area contributed by atoms with Gasteiger partial charge >= 0.3 is 0 Å². The van der Waals surface area contributed by atoms with E-state index >= 15 is 0 Å². The molecule has 0 aliphatic carbocycles. The largest absolute Gasteiger partial charge is 0.351 e. The normalized spacial score (nSPS) is 11.4. The molecule has 0 fully saturated rings. The summed E-state index contributed by atoms with van der Waals surface area (Å²) in [5.74, 6) is 0.682. The second-order valence-electron chi connectivity index (χ2n) is 3.93. The molecule has 0 spiro atoms. The Balaban J connectivity index is 2.93. The molecule has 0 bridgehead atoms. The van der Waals surface area contributed by atoms with Gasteiger partial charge in [-0.3, -0.25) is 4.99 Å². The van der Waals surface area contributed by atoms with Crippen molar-refractivity contribution < 1.29 is 0 Å². The van der Waals surface area contributed by atoms with Gasteiger partial charge in [-0.25, -0.2) is 0 Å². The maximum absolute atomic E-state index is 3.73. The highest BCUT2D eigenvalue weighted by atomic mass is 14.9. The van der Waals surface area contributed by atoms with Crippen molar-refractivity contribution in [2.24, 2.45) is 18.0 Å². The predicted octanol–water partition coefficient (Wildman–Crippen LogP) is 2.89. The van der Waals surface area contributed by atoms with Crippen molar-refractivity contribution in [1.82, 2.24) is 4.57 Å². The third-order valence-electron chi connectivity index (χ3n) is 2.17. The fraction of sp³-hybridized carbons (Fsp3) is 0.417. The molecule has 0 aliphatic rings. The van der Waals surface area contributed by atoms with Crippen LogP contribution in [0.2, 0.25) is 0 Å². The van der Waals surface area contributed by atoms with Crippen molar-refractivity contribution in [3.8, 4) is 0 Å². The molecule has 1 aromatic rings. The minimum Gasteiger partial charge on any atom is -0.351 e. The van der Waals surface area contributed by atoms with E-state index in [1.807, 2.05) is 13.1 Å². The van der Waals surface area contributed by atoms with E-state index in [1.54, 1.807) is 6.20 Å². The molecule has 0 saturated carbocycles. The third-order valence-corrected chi connectivity index (χ3v) is 2.17. The highest BCUT2D eigenvalue weighted by Crippen LogP contribution is 2.16. The van der Waals surface area contributed by atoms with Crippen LogP contribution in [0.3, 0.4) is 0 Å². The quantitative estimate of drug-likeness (QED) is 0.650. The molecule has 2 heteroatoms. The standard InChI is InChI=1S/C12H18N2/c1-10(2)9-11-6-8-14(4)12(11)5-7-13-3/h5-8,10H,3,9H2,1-2,4H3/b7-5-. The van der Waals surface area contributed by atoms with Crippen molar-refractivity contribution in [2.45, 2.75) is 20.3 Å². The smallest absolute Gasteiger partial charge is 0.0452 e. The Labute approximate surface area is 86.0 Å². The fourth-order valence-electron chi connectivity index (χ4n) is 1.55. The third kappa shape index (κ3) is 2.59. The zero-order chi connectivity index (χ0) is 10.6. The summed E-state index contributed by atoms with van der Waals surface area (Å²) in [7, 11) is 2.05. The summed E-state index contributed by atoms with van der Waals surface area (Å²) in [5, 5.41) is 0. The lowest BCUT2D eigenvalue weighted by Crippen LogP contribution is -1.97. The average molecular weight is 190 g/mol. The molecule has 14 heavy (non-hydrogen) atoms. The summed E-state index contributed by atoms with van der Waals surface area (Å²) in [6.07, 6.45) is 6.93. The first-order valence-corrected chi connectivity index (χ1v) is 4.91. The second kappa shape index (κ2) is 4.80. The van der Waals surface area contributed by atoms with Gasteiger partial charge in [0, 0.05) is 25.1 Å². The van der Waals surface area contributed by atoms with Gasteiger partial charge in [0.25, 0.3) is 0 Å². The monoisotopic (exact) mass is 190 g/mol. The molecule has 0 amide bonds. The Morgan fingerprint density at radius 1 is 1.57 bits per heavy atom. The summed E-state index contributed by atoms with van der Waals surface area (Å²) in [4.78, 5) is 3.73. The maximum Gasteiger partial charge on any atom is 0.0452 e. The zero-order valence-electron chi connectivity index (χ0n) is 9.20. The number of aliphatic imine (C=N–C) groups is 1. The van der Waals surface area contributed by atoms with Crippen LogP contribution in [0.4, 0.5) is 0 Å². The van der Waals surface area contributed by atoms with Gasteiger partial charge in [-0.1, -0.05) is 13.8 Å². The number of hydrogen-bond acceptors (Lipinski definition) is 1. The maximum atomic E-state index is 3.73.